The van der Waals surface area contributed by atoms with Crippen molar-refractivity contribution in [3.8, 4) is 0 Å². The van der Waals surface area contributed by atoms with E-state index in [0.717, 1.165) is 12.1 Å². The molecule has 2 rings (SSSR count). The summed E-state index contributed by atoms with van der Waals surface area (Å²) in [5, 5.41) is 4.57. The molecule has 1 heterocycles. The predicted molar refractivity (Wildman–Crippen MR) is 76.6 cm³/mol. The van der Waals surface area contributed by atoms with Crippen LogP contribution in [0.25, 0.3) is 0 Å². The van der Waals surface area contributed by atoms with Gasteiger partial charge >= 0.3 is 5.97 Å². The molecule has 1 amide bonds. The lowest BCUT2D eigenvalue weighted by atomic mass is 10.1. The number of benzene rings is 1. The van der Waals surface area contributed by atoms with Gasteiger partial charge in [0.05, 0.1) is 30.5 Å². The van der Waals surface area contributed by atoms with Crippen molar-refractivity contribution in [2.45, 2.75) is 6.42 Å². The summed E-state index contributed by atoms with van der Waals surface area (Å²) < 4.78 is 17.7. The lowest BCUT2D eigenvalue weighted by Crippen LogP contribution is -2.17. The summed E-state index contributed by atoms with van der Waals surface area (Å²) in [6, 6.07) is 3.44. The Balaban J connectivity index is 2.15. The first-order valence-corrected chi connectivity index (χ1v) is 6.75. The fourth-order valence-corrected chi connectivity index (χ4v) is 2.23. The number of nitrogen functional groups attached to an aromatic ring is 1. The molecule has 1 aromatic heterocycles. The molecule has 0 unspecified atom stereocenters. The highest BCUT2D eigenvalue weighted by molar-refractivity contribution is 7.13. The number of esters is 1. The van der Waals surface area contributed by atoms with Crippen LogP contribution in [0.15, 0.2) is 23.6 Å². The van der Waals surface area contributed by atoms with Crippen molar-refractivity contribution >= 4 is 34.0 Å². The monoisotopic (exact) mass is 309 g/mol. The highest BCUT2D eigenvalue weighted by Gasteiger charge is 2.15. The summed E-state index contributed by atoms with van der Waals surface area (Å²) in [6.07, 6.45) is 0.00564. The average molecular weight is 309 g/mol. The highest BCUT2D eigenvalue weighted by atomic mass is 32.1. The second-order valence-electron chi connectivity index (χ2n) is 4.08. The van der Waals surface area contributed by atoms with Gasteiger partial charge in [0.15, 0.2) is 5.13 Å². The first-order valence-electron chi connectivity index (χ1n) is 5.87. The zero-order chi connectivity index (χ0) is 15.4. The molecule has 8 heteroatoms. The van der Waals surface area contributed by atoms with Crippen LogP contribution in [0.3, 0.4) is 0 Å². The summed E-state index contributed by atoms with van der Waals surface area (Å²) >= 11 is 1.23. The molecule has 3 N–H and O–H groups in total. The minimum Gasteiger partial charge on any atom is -0.465 e. The maximum atomic E-state index is 13.2. The number of rotatable bonds is 4. The fraction of sp³-hybridized carbons (Fsp3) is 0.154. The van der Waals surface area contributed by atoms with Gasteiger partial charge in [-0.2, -0.15) is 0 Å². The summed E-state index contributed by atoms with van der Waals surface area (Å²) in [5.74, 6) is -1.72. The maximum Gasteiger partial charge on any atom is 0.340 e. The maximum absolute atomic E-state index is 13.2. The molecule has 0 spiro atoms. The largest absolute Gasteiger partial charge is 0.465 e. The Hall–Kier alpha value is -2.48. The number of anilines is 2. The SMILES string of the molecule is COC(=O)c1cc(F)ccc1NC(=O)Cc1csc(N)n1. The van der Waals surface area contributed by atoms with Crippen LogP contribution in [-0.4, -0.2) is 24.0 Å². The van der Waals surface area contributed by atoms with Crippen molar-refractivity contribution < 1.29 is 18.7 Å². The highest BCUT2D eigenvalue weighted by Crippen LogP contribution is 2.19. The van der Waals surface area contributed by atoms with Gasteiger partial charge in [0.25, 0.3) is 0 Å². The van der Waals surface area contributed by atoms with Crippen LogP contribution in [0.2, 0.25) is 0 Å². The van der Waals surface area contributed by atoms with Gasteiger partial charge in [-0.3, -0.25) is 4.79 Å². The number of nitrogens with two attached hydrogens (primary N) is 1. The lowest BCUT2D eigenvalue weighted by molar-refractivity contribution is -0.115. The normalized spacial score (nSPS) is 10.2. The van der Waals surface area contributed by atoms with Crippen molar-refractivity contribution in [2.75, 3.05) is 18.2 Å². The predicted octanol–water partition coefficient (Wildman–Crippen LogP) is 1.83. The number of thiazole rings is 1. The van der Waals surface area contributed by atoms with E-state index in [0.29, 0.717) is 10.8 Å². The molecular formula is C13H12FN3O3S. The second kappa shape index (κ2) is 6.31. The van der Waals surface area contributed by atoms with E-state index in [1.807, 2.05) is 0 Å². The van der Waals surface area contributed by atoms with Crippen LogP contribution in [0, 0.1) is 5.82 Å². The number of hydrogen-bond acceptors (Lipinski definition) is 6. The number of carbonyl (C=O) groups is 2. The Labute approximate surface area is 123 Å². The number of nitrogens with zero attached hydrogens (tertiary/aromatic N) is 1. The summed E-state index contributed by atoms with van der Waals surface area (Å²) in [6.45, 7) is 0. The van der Waals surface area contributed by atoms with Crippen LogP contribution in [-0.2, 0) is 16.0 Å². The third-order valence-corrected chi connectivity index (χ3v) is 3.29. The lowest BCUT2D eigenvalue weighted by Gasteiger charge is -2.09. The van der Waals surface area contributed by atoms with Crippen molar-refractivity contribution in [3.63, 3.8) is 0 Å². The second-order valence-corrected chi connectivity index (χ2v) is 4.97. The molecule has 0 saturated heterocycles. The Morgan fingerprint density at radius 1 is 1.48 bits per heavy atom. The summed E-state index contributed by atoms with van der Waals surface area (Å²) in [5.41, 5.74) is 6.13. The number of halogens is 1. The van der Waals surface area contributed by atoms with E-state index in [4.69, 9.17) is 5.73 Å². The van der Waals surface area contributed by atoms with E-state index >= 15 is 0 Å². The first kappa shape index (κ1) is 14.9. The number of aromatic nitrogens is 1. The quantitative estimate of drug-likeness (QED) is 0.840. The molecule has 0 radical (unpaired) electrons. The minimum absolute atomic E-state index is 0.00564. The molecule has 6 nitrogen and oxygen atoms in total. The third kappa shape index (κ3) is 3.76. The number of carbonyl (C=O) groups excluding carboxylic acids is 2. The Morgan fingerprint density at radius 2 is 2.24 bits per heavy atom. The van der Waals surface area contributed by atoms with E-state index in [-0.39, 0.29) is 17.7 Å². The fourth-order valence-electron chi connectivity index (χ4n) is 1.67. The van der Waals surface area contributed by atoms with Crippen LogP contribution in [0.1, 0.15) is 16.1 Å². The van der Waals surface area contributed by atoms with E-state index in [2.05, 4.69) is 15.0 Å². The molecule has 2 aromatic rings. The van der Waals surface area contributed by atoms with Crippen molar-refractivity contribution in [3.05, 3.63) is 40.7 Å². The molecule has 110 valence electrons. The van der Waals surface area contributed by atoms with Gasteiger partial charge in [-0.05, 0) is 18.2 Å². The number of hydrogen-bond donors (Lipinski definition) is 2. The van der Waals surface area contributed by atoms with Gasteiger partial charge in [0.1, 0.15) is 5.82 Å². The molecule has 0 aliphatic carbocycles. The van der Waals surface area contributed by atoms with Gasteiger partial charge in [0.2, 0.25) is 5.91 Å². The first-order chi connectivity index (χ1) is 9.99. The van der Waals surface area contributed by atoms with Crippen LogP contribution >= 0.6 is 11.3 Å². The van der Waals surface area contributed by atoms with Crippen molar-refractivity contribution in [1.29, 1.82) is 0 Å². The minimum atomic E-state index is -0.734. The third-order valence-electron chi connectivity index (χ3n) is 2.57. The number of ether oxygens (including phenoxy) is 1. The van der Waals surface area contributed by atoms with Gasteiger partial charge in [-0.25, -0.2) is 14.2 Å². The molecule has 0 fully saturated rings. The Morgan fingerprint density at radius 3 is 2.86 bits per heavy atom. The Bertz CT molecular complexity index is 687. The van der Waals surface area contributed by atoms with Crippen LogP contribution in [0.4, 0.5) is 15.2 Å². The molecule has 0 aliphatic rings. The topological polar surface area (TPSA) is 94.3 Å². The van der Waals surface area contributed by atoms with E-state index < -0.39 is 17.7 Å². The zero-order valence-electron chi connectivity index (χ0n) is 11.1. The summed E-state index contributed by atoms with van der Waals surface area (Å²) in [7, 11) is 1.18. The molecule has 21 heavy (non-hydrogen) atoms. The molecule has 0 aliphatic heterocycles. The van der Waals surface area contributed by atoms with Gasteiger partial charge in [-0.1, -0.05) is 0 Å². The standard InChI is InChI=1S/C13H12FN3O3S/c1-20-12(19)9-4-7(14)2-3-10(9)17-11(18)5-8-6-21-13(15)16-8/h2-4,6H,5H2,1H3,(H2,15,16)(H,17,18). The Kier molecular flexibility index (Phi) is 4.49. The molecule has 0 bridgehead atoms. The van der Waals surface area contributed by atoms with Crippen LogP contribution in [0.5, 0.6) is 0 Å². The molecule has 1 aromatic carbocycles. The van der Waals surface area contributed by atoms with E-state index in [9.17, 15) is 14.0 Å². The number of methoxy groups -OCH3 is 1. The van der Waals surface area contributed by atoms with Crippen LogP contribution < -0.4 is 11.1 Å². The molecular weight excluding hydrogens is 297 g/mol. The molecule has 0 atom stereocenters. The number of amides is 1. The molecule has 0 saturated carbocycles. The average Bonchev–Trinajstić information content (AvgIpc) is 2.85. The van der Waals surface area contributed by atoms with Gasteiger partial charge in [-0.15, -0.1) is 11.3 Å². The van der Waals surface area contributed by atoms with Gasteiger partial charge < -0.3 is 15.8 Å². The smallest absolute Gasteiger partial charge is 0.340 e. The number of nitrogens with one attached hydrogen (secondary N) is 1. The summed E-state index contributed by atoms with van der Waals surface area (Å²) in [4.78, 5) is 27.4. The van der Waals surface area contributed by atoms with E-state index in [1.54, 1.807) is 5.38 Å². The van der Waals surface area contributed by atoms with Gasteiger partial charge in [0, 0.05) is 5.38 Å². The van der Waals surface area contributed by atoms with E-state index in [1.165, 1.54) is 24.5 Å². The zero-order valence-corrected chi connectivity index (χ0v) is 11.9. The van der Waals surface area contributed by atoms with Crippen molar-refractivity contribution in [1.82, 2.24) is 4.98 Å². The van der Waals surface area contributed by atoms with Crippen molar-refractivity contribution in [2.24, 2.45) is 0 Å².